The first-order valence-electron chi connectivity index (χ1n) is 29.4. The predicted octanol–water partition coefficient (Wildman–Crippen LogP) is 17.9. The lowest BCUT2D eigenvalue weighted by Gasteiger charge is -2.27. The number of hydrogen-bond donors (Lipinski definition) is 2. The van der Waals surface area contributed by atoms with Gasteiger partial charge in [-0.2, -0.15) is 0 Å². The lowest BCUT2D eigenvalue weighted by atomic mass is 10.1. The fraction of sp³-hybridized carbons (Fsp3) is 0.656. The van der Waals surface area contributed by atoms with Crippen molar-refractivity contribution in [2.24, 2.45) is 0 Å². The molecule has 0 rings (SSSR count). The molecule has 3 atom stereocenters. The van der Waals surface area contributed by atoms with Crippen LogP contribution in [0.15, 0.2) is 122 Å². The van der Waals surface area contributed by atoms with Gasteiger partial charge in [-0.1, -0.05) is 213 Å². The molecule has 0 aromatic rings. The number of nitrogens with one attached hydrogen (secondary N) is 1. The Morgan fingerprint density at radius 3 is 1.35 bits per heavy atom. The van der Waals surface area contributed by atoms with Crippen molar-refractivity contribution in [2.45, 2.75) is 232 Å². The highest BCUT2D eigenvalue weighted by Gasteiger charge is 2.30. The van der Waals surface area contributed by atoms with Crippen molar-refractivity contribution in [3.05, 3.63) is 122 Å². The monoisotopic (exact) mass is 1050 g/mol. The molecule has 0 fully saturated rings. The summed E-state index contributed by atoms with van der Waals surface area (Å²) >= 11 is 0. The number of phosphoric ester groups is 1. The van der Waals surface area contributed by atoms with Crippen molar-refractivity contribution in [1.29, 1.82) is 0 Å². The van der Waals surface area contributed by atoms with Crippen molar-refractivity contribution in [1.82, 2.24) is 5.32 Å². The molecule has 0 saturated heterocycles. The van der Waals surface area contributed by atoms with E-state index in [1.807, 2.05) is 33.3 Å². The Labute approximate surface area is 454 Å². The molecule has 2 N–H and O–H groups in total. The van der Waals surface area contributed by atoms with Gasteiger partial charge >= 0.3 is 13.8 Å². The fourth-order valence-electron chi connectivity index (χ4n) is 7.60. The number of unbranched alkanes of at least 4 members (excludes halogenated alkanes) is 17. The van der Waals surface area contributed by atoms with Crippen LogP contribution in [-0.4, -0.2) is 74.3 Å². The lowest BCUT2D eigenvalue weighted by Crippen LogP contribution is -2.47. The zero-order valence-corrected chi connectivity index (χ0v) is 48.9. The number of amides is 1. The molecular weight excluding hydrogens is 940 g/mol. The molecular formula is C64H110N2O7P+. The summed E-state index contributed by atoms with van der Waals surface area (Å²) in [5, 5.41) is 3.00. The van der Waals surface area contributed by atoms with Gasteiger partial charge in [0, 0.05) is 12.8 Å². The van der Waals surface area contributed by atoms with Crippen molar-refractivity contribution < 1.29 is 37.3 Å². The standard InChI is InChI=1S/C64H109N2O7P/c1-7-10-13-16-19-22-25-28-30-32-33-35-37-39-42-45-48-51-54-57-64(68)73-62(55-52-49-46-43-40-27-24-21-18-15-12-9-3)61(60-72-74(69,70)71-59-58-66(4,5)6)65-63(67)56-53-50-47-44-41-38-36-34-31-29-26-23-20-17-14-11-8-2/h10,13,19-20,22-23,28-31,33,35-36,38-39,42,44,47,52,55,61-62H,7-9,11-12,14-18,21,24-27,32,34,37,40-41,43,45-46,48-51,53-54,56-60H2,1-6H3,(H-,65,67,69,70)/p+1/b13-10-,22-19-,23-20-,30-28-,31-29-,35-33-,38-36-,42-39-,47-44-,55-52+. The average Bonchev–Trinajstić information content (AvgIpc) is 3.36. The van der Waals surface area contributed by atoms with Gasteiger partial charge in [-0.15, -0.1) is 0 Å². The Balaban J connectivity index is 5.49. The topological polar surface area (TPSA) is 111 Å². The van der Waals surface area contributed by atoms with Gasteiger partial charge in [0.05, 0.1) is 33.8 Å². The van der Waals surface area contributed by atoms with Gasteiger partial charge in [-0.25, -0.2) is 4.57 Å². The number of hydrogen-bond acceptors (Lipinski definition) is 6. The third-order valence-electron chi connectivity index (χ3n) is 12.1. The van der Waals surface area contributed by atoms with Gasteiger partial charge in [0.15, 0.2) is 0 Å². The largest absolute Gasteiger partial charge is 0.472 e. The third-order valence-corrected chi connectivity index (χ3v) is 13.1. The Kier molecular flexibility index (Phi) is 50.3. The van der Waals surface area contributed by atoms with Gasteiger partial charge in [0.25, 0.3) is 0 Å². The molecule has 0 spiro atoms. The molecule has 0 aliphatic carbocycles. The summed E-state index contributed by atoms with van der Waals surface area (Å²) in [6.07, 6.45) is 73.5. The van der Waals surface area contributed by atoms with Crippen LogP contribution in [0.5, 0.6) is 0 Å². The number of rotatable bonds is 51. The van der Waals surface area contributed by atoms with Gasteiger partial charge in [-0.05, 0) is 115 Å². The second-order valence-corrected chi connectivity index (χ2v) is 21.9. The zero-order valence-electron chi connectivity index (χ0n) is 48.0. The number of phosphoric acid groups is 1. The smallest absolute Gasteiger partial charge is 0.456 e. The number of allylic oxidation sites excluding steroid dienone is 19. The highest BCUT2D eigenvalue weighted by Crippen LogP contribution is 2.43. The number of likely N-dealkylation sites (N-methyl/N-ethyl adjacent to an activating group) is 1. The highest BCUT2D eigenvalue weighted by molar-refractivity contribution is 7.47. The van der Waals surface area contributed by atoms with Gasteiger partial charge in [0.2, 0.25) is 5.91 Å². The Morgan fingerprint density at radius 1 is 0.486 bits per heavy atom. The average molecular weight is 1050 g/mol. The molecule has 0 aliphatic heterocycles. The molecule has 422 valence electrons. The maximum absolute atomic E-state index is 13.5. The number of carbonyl (C=O) groups excluding carboxylic acids is 2. The summed E-state index contributed by atoms with van der Waals surface area (Å²) in [7, 11) is 1.42. The van der Waals surface area contributed by atoms with Crippen LogP contribution in [0.3, 0.4) is 0 Å². The highest BCUT2D eigenvalue weighted by atomic mass is 31.2. The maximum atomic E-state index is 13.5. The summed E-state index contributed by atoms with van der Waals surface area (Å²) in [4.78, 5) is 37.6. The number of nitrogens with zero attached hydrogens (tertiary/aromatic N) is 1. The molecule has 10 heteroatoms. The second-order valence-electron chi connectivity index (χ2n) is 20.4. The van der Waals surface area contributed by atoms with E-state index in [0.29, 0.717) is 23.9 Å². The van der Waals surface area contributed by atoms with E-state index in [1.54, 1.807) is 0 Å². The summed E-state index contributed by atoms with van der Waals surface area (Å²) in [6.45, 7) is 6.78. The van der Waals surface area contributed by atoms with Crippen LogP contribution in [0.4, 0.5) is 0 Å². The van der Waals surface area contributed by atoms with E-state index >= 15 is 0 Å². The van der Waals surface area contributed by atoms with Crippen molar-refractivity contribution >= 4 is 19.7 Å². The summed E-state index contributed by atoms with van der Waals surface area (Å²) in [5.41, 5.74) is 0. The number of carbonyl (C=O) groups is 2. The summed E-state index contributed by atoms with van der Waals surface area (Å²) in [5.74, 6) is -0.619. The molecule has 0 heterocycles. The minimum absolute atomic E-state index is 0.0179. The van der Waals surface area contributed by atoms with E-state index < -0.39 is 20.0 Å². The number of ether oxygens (including phenoxy) is 1. The van der Waals surface area contributed by atoms with E-state index in [2.05, 4.69) is 135 Å². The first-order valence-corrected chi connectivity index (χ1v) is 30.9. The Bertz CT molecular complexity index is 1680. The molecule has 0 aromatic heterocycles. The minimum atomic E-state index is -4.48. The van der Waals surface area contributed by atoms with Crippen LogP contribution in [0.1, 0.15) is 220 Å². The quantitative estimate of drug-likeness (QED) is 0.0205. The van der Waals surface area contributed by atoms with E-state index in [4.69, 9.17) is 13.8 Å². The molecule has 0 radical (unpaired) electrons. The van der Waals surface area contributed by atoms with Crippen LogP contribution in [0.25, 0.3) is 0 Å². The molecule has 74 heavy (non-hydrogen) atoms. The zero-order chi connectivity index (χ0) is 54.3. The van der Waals surface area contributed by atoms with Crippen molar-refractivity contribution in [3.63, 3.8) is 0 Å². The molecule has 0 bridgehead atoms. The molecule has 0 aromatic carbocycles. The van der Waals surface area contributed by atoms with Crippen LogP contribution in [0, 0.1) is 0 Å². The molecule has 3 unspecified atom stereocenters. The van der Waals surface area contributed by atoms with E-state index in [0.717, 1.165) is 96.3 Å². The van der Waals surface area contributed by atoms with Gasteiger partial charge < -0.3 is 19.4 Å². The molecule has 0 aliphatic rings. The van der Waals surface area contributed by atoms with Crippen LogP contribution < -0.4 is 5.32 Å². The van der Waals surface area contributed by atoms with E-state index in [1.165, 1.54) is 77.0 Å². The normalized spacial score (nSPS) is 14.6. The van der Waals surface area contributed by atoms with Crippen LogP contribution in [-0.2, 0) is 27.9 Å². The Morgan fingerprint density at radius 2 is 0.878 bits per heavy atom. The van der Waals surface area contributed by atoms with Crippen LogP contribution in [0.2, 0.25) is 0 Å². The molecule has 1 amide bonds. The van der Waals surface area contributed by atoms with Gasteiger partial charge in [0.1, 0.15) is 19.3 Å². The van der Waals surface area contributed by atoms with Crippen LogP contribution >= 0.6 is 7.82 Å². The SMILES string of the molecule is CC/C=C\C/C=C\C/C=C\C/C=C\C/C=C\CCCCCC(=O)OC(/C=C/CCCCCCCCCCCC)C(COP(=O)(O)OCC[N+](C)(C)C)NC(=O)CCC/C=C\C/C=C\C/C=C\C/C=C\CCCCC. The Hall–Kier alpha value is -3.59. The fourth-order valence-corrected chi connectivity index (χ4v) is 8.34. The first kappa shape index (κ1) is 70.4. The van der Waals surface area contributed by atoms with Crippen molar-refractivity contribution in [2.75, 3.05) is 40.9 Å². The maximum Gasteiger partial charge on any atom is 0.472 e. The first-order chi connectivity index (χ1) is 35.9. The number of esters is 1. The molecule has 9 nitrogen and oxygen atoms in total. The number of quaternary nitrogens is 1. The van der Waals surface area contributed by atoms with Gasteiger partial charge in [-0.3, -0.25) is 18.6 Å². The summed E-state index contributed by atoms with van der Waals surface area (Å²) in [6, 6.07) is -0.898. The molecule has 0 saturated carbocycles. The third kappa shape index (κ3) is 53.2. The van der Waals surface area contributed by atoms with E-state index in [9.17, 15) is 19.0 Å². The minimum Gasteiger partial charge on any atom is -0.456 e. The second kappa shape index (κ2) is 52.8. The summed E-state index contributed by atoms with van der Waals surface area (Å²) < 4.78 is 30.6. The predicted molar refractivity (Wildman–Crippen MR) is 318 cm³/mol. The van der Waals surface area contributed by atoms with E-state index in [-0.39, 0.29) is 37.9 Å². The lowest BCUT2D eigenvalue weighted by molar-refractivity contribution is -0.870. The van der Waals surface area contributed by atoms with Crippen molar-refractivity contribution in [3.8, 4) is 0 Å².